The summed E-state index contributed by atoms with van der Waals surface area (Å²) in [5, 5.41) is 3.53. The van der Waals surface area contributed by atoms with E-state index in [1.165, 1.54) is 12.7 Å². The lowest BCUT2D eigenvalue weighted by molar-refractivity contribution is 0.366. The third-order valence-electron chi connectivity index (χ3n) is 3.97. The highest BCUT2D eigenvalue weighted by molar-refractivity contribution is 7.90. The third-order valence-corrected chi connectivity index (χ3v) is 5.10. The normalized spacial score (nSPS) is 26.3. The Morgan fingerprint density at radius 3 is 2.16 bits per heavy atom. The lowest BCUT2D eigenvalue weighted by atomic mass is 9.91. The van der Waals surface area contributed by atoms with E-state index in [9.17, 15) is 8.42 Å². The first-order valence-corrected chi connectivity index (χ1v) is 8.63. The van der Waals surface area contributed by atoms with Crippen LogP contribution in [0.4, 0.5) is 5.69 Å². The summed E-state index contributed by atoms with van der Waals surface area (Å²) >= 11 is 0. The Labute approximate surface area is 116 Å². The van der Waals surface area contributed by atoms with E-state index in [0.717, 1.165) is 12.1 Å². The van der Waals surface area contributed by atoms with Crippen molar-refractivity contribution < 1.29 is 8.42 Å². The van der Waals surface area contributed by atoms with Crippen molar-refractivity contribution in [2.24, 2.45) is 11.3 Å². The fraction of sp³-hybridized carbons (Fsp3) is 0.600. The Kier molecular flexibility index (Phi) is 3.65. The second kappa shape index (κ2) is 4.82. The first-order chi connectivity index (χ1) is 8.67. The van der Waals surface area contributed by atoms with Gasteiger partial charge in [0.05, 0.1) is 4.90 Å². The molecule has 0 aromatic heterocycles. The molecule has 106 valence electrons. The molecule has 0 spiro atoms. The number of rotatable bonds is 3. The number of anilines is 1. The van der Waals surface area contributed by atoms with Crippen molar-refractivity contribution >= 4 is 15.5 Å². The molecule has 2 rings (SSSR count). The van der Waals surface area contributed by atoms with Crippen LogP contribution in [0.3, 0.4) is 0 Å². The van der Waals surface area contributed by atoms with Gasteiger partial charge in [0.15, 0.2) is 9.84 Å². The Bertz CT molecular complexity index is 546. The van der Waals surface area contributed by atoms with Crippen molar-refractivity contribution in [3.05, 3.63) is 24.3 Å². The van der Waals surface area contributed by atoms with Gasteiger partial charge in [0.1, 0.15) is 0 Å². The van der Waals surface area contributed by atoms with E-state index in [0.29, 0.717) is 22.3 Å². The molecule has 1 aromatic carbocycles. The van der Waals surface area contributed by atoms with Gasteiger partial charge in [0.2, 0.25) is 0 Å². The first-order valence-electron chi connectivity index (χ1n) is 6.74. The second-order valence-electron chi connectivity index (χ2n) is 6.60. The molecular formula is C15H23NO2S. The van der Waals surface area contributed by atoms with Crippen LogP contribution in [-0.4, -0.2) is 20.7 Å². The fourth-order valence-electron chi connectivity index (χ4n) is 3.10. The van der Waals surface area contributed by atoms with Gasteiger partial charge in [0, 0.05) is 18.0 Å². The fourth-order valence-corrected chi connectivity index (χ4v) is 3.73. The molecule has 1 aliphatic carbocycles. The molecule has 1 N–H and O–H groups in total. The van der Waals surface area contributed by atoms with Gasteiger partial charge in [-0.25, -0.2) is 8.42 Å². The highest BCUT2D eigenvalue weighted by Gasteiger charge is 2.36. The van der Waals surface area contributed by atoms with Crippen molar-refractivity contribution in [1.29, 1.82) is 0 Å². The molecular weight excluding hydrogens is 258 g/mol. The molecule has 4 heteroatoms. The molecule has 0 saturated heterocycles. The SMILES string of the molecule is CC1CC(C)(C)CC1Nc1ccc(S(C)(=O)=O)cc1. The zero-order chi connectivity index (χ0) is 14.3. The minimum absolute atomic E-state index is 0.373. The van der Waals surface area contributed by atoms with Crippen molar-refractivity contribution in [2.75, 3.05) is 11.6 Å². The smallest absolute Gasteiger partial charge is 0.175 e. The molecule has 0 bridgehead atoms. The average molecular weight is 281 g/mol. The summed E-state index contributed by atoms with van der Waals surface area (Å²) in [5.41, 5.74) is 1.39. The van der Waals surface area contributed by atoms with E-state index in [-0.39, 0.29) is 0 Å². The highest BCUT2D eigenvalue weighted by Crippen LogP contribution is 2.42. The van der Waals surface area contributed by atoms with Gasteiger partial charge in [-0.2, -0.15) is 0 Å². The van der Waals surface area contributed by atoms with Crippen molar-refractivity contribution in [3.63, 3.8) is 0 Å². The van der Waals surface area contributed by atoms with E-state index in [1.807, 2.05) is 12.1 Å². The van der Waals surface area contributed by atoms with E-state index in [4.69, 9.17) is 0 Å². The number of sulfone groups is 1. The second-order valence-corrected chi connectivity index (χ2v) is 8.61. The molecule has 0 heterocycles. The monoisotopic (exact) mass is 281 g/mol. The summed E-state index contributed by atoms with van der Waals surface area (Å²) < 4.78 is 22.8. The molecule has 3 nitrogen and oxygen atoms in total. The number of nitrogens with one attached hydrogen (secondary N) is 1. The molecule has 1 aliphatic rings. The maximum Gasteiger partial charge on any atom is 0.175 e. The summed E-state index contributed by atoms with van der Waals surface area (Å²) in [4.78, 5) is 0.373. The Balaban J connectivity index is 2.09. The zero-order valence-corrected chi connectivity index (χ0v) is 12.9. The first kappa shape index (κ1) is 14.4. The van der Waals surface area contributed by atoms with Gasteiger partial charge in [-0.3, -0.25) is 0 Å². The predicted molar refractivity (Wildman–Crippen MR) is 79.1 cm³/mol. The van der Waals surface area contributed by atoms with Crippen LogP contribution in [0.1, 0.15) is 33.6 Å². The van der Waals surface area contributed by atoms with Gasteiger partial charge in [-0.05, 0) is 48.4 Å². The molecule has 1 aromatic rings. The third kappa shape index (κ3) is 3.50. The van der Waals surface area contributed by atoms with E-state index < -0.39 is 9.84 Å². The van der Waals surface area contributed by atoms with Crippen molar-refractivity contribution in [3.8, 4) is 0 Å². The minimum atomic E-state index is -3.10. The van der Waals surface area contributed by atoms with E-state index in [2.05, 4.69) is 26.1 Å². The van der Waals surface area contributed by atoms with Crippen LogP contribution < -0.4 is 5.32 Å². The summed E-state index contributed by atoms with van der Waals surface area (Å²) in [6, 6.07) is 7.52. The quantitative estimate of drug-likeness (QED) is 0.924. The summed E-state index contributed by atoms with van der Waals surface area (Å²) in [6.07, 6.45) is 3.62. The molecule has 2 atom stereocenters. The summed E-state index contributed by atoms with van der Waals surface area (Å²) in [6.45, 7) is 6.88. The molecule has 2 unspecified atom stereocenters. The zero-order valence-electron chi connectivity index (χ0n) is 12.1. The van der Waals surface area contributed by atoms with Crippen LogP contribution in [0.5, 0.6) is 0 Å². The molecule has 19 heavy (non-hydrogen) atoms. The van der Waals surface area contributed by atoms with Crippen LogP contribution in [0, 0.1) is 11.3 Å². The number of hydrogen-bond acceptors (Lipinski definition) is 3. The van der Waals surface area contributed by atoms with Crippen LogP contribution >= 0.6 is 0 Å². The molecule has 1 fully saturated rings. The highest BCUT2D eigenvalue weighted by atomic mass is 32.2. The topological polar surface area (TPSA) is 46.2 Å². The maximum absolute atomic E-state index is 11.4. The molecule has 0 amide bonds. The van der Waals surface area contributed by atoms with Crippen molar-refractivity contribution in [1.82, 2.24) is 0 Å². The maximum atomic E-state index is 11.4. The number of hydrogen-bond donors (Lipinski definition) is 1. The van der Waals surface area contributed by atoms with E-state index in [1.54, 1.807) is 12.1 Å². The van der Waals surface area contributed by atoms with Gasteiger partial charge in [-0.15, -0.1) is 0 Å². The Hall–Kier alpha value is -1.03. The lowest BCUT2D eigenvalue weighted by Gasteiger charge is -2.20. The minimum Gasteiger partial charge on any atom is -0.382 e. The predicted octanol–water partition coefficient (Wildman–Crippen LogP) is 3.33. The van der Waals surface area contributed by atoms with Gasteiger partial charge in [-0.1, -0.05) is 20.8 Å². The van der Waals surface area contributed by atoms with Crippen LogP contribution in [-0.2, 0) is 9.84 Å². The van der Waals surface area contributed by atoms with Gasteiger partial charge in [0.25, 0.3) is 0 Å². The summed E-state index contributed by atoms with van der Waals surface area (Å²) in [7, 11) is -3.10. The molecule has 0 radical (unpaired) electrons. The average Bonchev–Trinajstić information content (AvgIpc) is 2.51. The van der Waals surface area contributed by atoms with Crippen LogP contribution in [0.2, 0.25) is 0 Å². The van der Waals surface area contributed by atoms with Crippen LogP contribution in [0.15, 0.2) is 29.2 Å². The lowest BCUT2D eigenvalue weighted by Crippen LogP contribution is -2.22. The van der Waals surface area contributed by atoms with E-state index >= 15 is 0 Å². The van der Waals surface area contributed by atoms with Gasteiger partial charge < -0.3 is 5.32 Å². The Morgan fingerprint density at radius 1 is 1.16 bits per heavy atom. The van der Waals surface area contributed by atoms with Crippen LogP contribution in [0.25, 0.3) is 0 Å². The van der Waals surface area contributed by atoms with Gasteiger partial charge >= 0.3 is 0 Å². The van der Waals surface area contributed by atoms with Crippen molar-refractivity contribution in [2.45, 2.75) is 44.6 Å². The Morgan fingerprint density at radius 2 is 1.74 bits per heavy atom. The summed E-state index contributed by atoms with van der Waals surface area (Å²) in [5.74, 6) is 0.643. The number of benzene rings is 1. The standard InChI is InChI=1S/C15H23NO2S/c1-11-9-15(2,3)10-14(11)16-12-5-7-13(8-6-12)19(4,17)18/h5-8,11,14,16H,9-10H2,1-4H3. The largest absolute Gasteiger partial charge is 0.382 e. The molecule has 1 saturated carbocycles. The molecule has 0 aliphatic heterocycles.